The van der Waals surface area contributed by atoms with E-state index in [-0.39, 0.29) is 23.3 Å². The lowest BCUT2D eigenvalue weighted by Gasteiger charge is -2.06. The summed E-state index contributed by atoms with van der Waals surface area (Å²) in [7, 11) is 0. The molecule has 1 amide bonds. The second kappa shape index (κ2) is 6.80. The minimum atomic E-state index is -4.41. The molecular formula is C15H10F3N5O3. The van der Waals surface area contributed by atoms with Crippen molar-refractivity contribution in [1.29, 1.82) is 0 Å². The summed E-state index contributed by atoms with van der Waals surface area (Å²) in [5.41, 5.74) is 0.975. The van der Waals surface area contributed by atoms with Gasteiger partial charge >= 0.3 is 12.2 Å². The highest BCUT2D eigenvalue weighted by Crippen LogP contribution is 2.31. The Morgan fingerprint density at radius 3 is 2.38 bits per heavy atom. The van der Waals surface area contributed by atoms with Crippen LogP contribution in [0.15, 0.2) is 47.0 Å². The highest BCUT2D eigenvalue weighted by atomic mass is 19.4. The number of carbonyl (C=O) groups is 1. The van der Waals surface area contributed by atoms with Crippen molar-refractivity contribution in [2.75, 3.05) is 5.32 Å². The summed E-state index contributed by atoms with van der Waals surface area (Å²) in [6, 6.07) is 7.18. The number of hydrogen-bond acceptors (Lipinski definition) is 7. The number of halogens is 3. The van der Waals surface area contributed by atoms with Crippen LogP contribution in [0, 0.1) is 0 Å². The van der Waals surface area contributed by atoms with Crippen LogP contribution in [0.2, 0.25) is 0 Å². The van der Waals surface area contributed by atoms with Crippen molar-refractivity contribution in [3.8, 4) is 11.3 Å². The van der Waals surface area contributed by atoms with E-state index in [2.05, 4.69) is 20.5 Å². The van der Waals surface area contributed by atoms with Crippen LogP contribution in [0.25, 0.3) is 11.3 Å². The molecule has 1 aromatic carbocycles. The lowest BCUT2D eigenvalue weighted by molar-refractivity contribution is -0.137. The molecule has 0 unspecified atom stereocenters. The van der Waals surface area contributed by atoms with E-state index >= 15 is 0 Å². The lowest BCUT2D eigenvalue weighted by atomic mass is 10.1. The smallest absolute Gasteiger partial charge is 0.416 e. The van der Waals surface area contributed by atoms with Crippen LogP contribution in [0.5, 0.6) is 0 Å². The van der Waals surface area contributed by atoms with E-state index in [4.69, 9.17) is 9.62 Å². The largest absolute Gasteiger partial charge is 0.423 e. The summed E-state index contributed by atoms with van der Waals surface area (Å²) < 4.78 is 43.1. The van der Waals surface area contributed by atoms with E-state index in [1.807, 2.05) is 0 Å². The van der Waals surface area contributed by atoms with Crippen molar-refractivity contribution in [1.82, 2.24) is 20.7 Å². The van der Waals surface area contributed by atoms with Crippen LogP contribution in [-0.2, 0) is 6.18 Å². The predicted molar refractivity (Wildman–Crippen MR) is 81.5 cm³/mol. The maximum Gasteiger partial charge on any atom is 0.416 e. The third-order valence-electron chi connectivity index (χ3n) is 3.24. The van der Waals surface area contributed by atoms with Crippen LogP contribution in [-0.4, -0.2) is 26.3 Å². The fourth-order valence-electron chi connectivity index (χ4n) is 1.98. The average Bonchev–Trinajstić information content (AvgIpc) is 3.09. The van der Waals surface area contributed by atoms with Gasteiger partial charge in [0.15, 0.2) is 17.3 Å². The van der Waals surface area contributed by atoms with Gasteiger partial charge in [0.05, 0.1) is 11.8 Å². The summed E-state index contributed by atoms with van der Waals surface area (Å²) in [4.78, 5) is 15.1. The normalized spacial score (nSPS) is 11.2. The Balaban J connectivity index is 1.73. The molecule has 8 nitrogen and oxygen atoms in total. The van der Waals surface area contributed by atoms with Crippen molar-refractivity contribution in [3.05, 3.63) is 53.9 Å². The Bertz CT molecular complexity index is 908. The maximum absolute atomic E-state index is 12.6. The molecule has 0 radical (unpaired) electrons. The van der Waals surface area contributed by atoms with Crippen LogP contribution < -0.4 is 10.8 Å². The summed E-state index contributed by atoms with van der Waals surface area (Å²) in [6.07, 6.45) is -3.07. The average molecular weight is 365 g/mol. The molecule has 134 valence electrons. The minimum Gasteiger partial charge on any atom is -0.423 e. The molecule has 3 aromatic rings. The third-order valence-corrected chi connectivity index (χ3v) is 3.24. The Kier molecular flexibility index (Phi) is 4.54. The van der Waals surface area contributed by atoms with E-state index in [9.17, 15) is 18.0 Å². The Labute approximate surface area is 143 Å². The van der Waals surface area contributed by atoms with Crippen LogP contribution in [0.4, 0.5) is 25.0 Å². The van der Waals surface area contributed by atoms with Gasteiger partial charge in [-0.05, 0) is 24.3 Å². The predicted octanol–water partition coefficient (Wildman–Crippen LogP) is 3.01. The first-order valence-electron chi connectivity index (χ1n) is 7.05. The van der Waals surface area contributed by atoms with Gasteiger partial charge < -0.3 is 4.42 Å². The third kappa shape index (κ3) is 3.78. The van der Waals surface area contributed by atoms with Crippen molar-refractivity contribution in [3.63, 3.8) is 0 Å². The molecule has 0 atom stereocenters. The number of oxazole rings is 1. The molecule has 2 heterocycles. The Hall–Kier alpha value is -3.47. The van der Waals surface area contributed by atoms with Gasteiger partial charge in [0.2, 0.25) is 0 Å². The fraction of sp³-hybridized carbons (Fsp3) is 0.0667. The molecule has 3 N–H and O–H groups in total. The first kappa shape index (κ1) is 17.4. The number of nitrogens with one attached hydrogen (secondary N) is 2. The number of rotatable bonds is 4. The SMILES string of the molecule is O=C(NO)c1ccc(Nc2ncc(-c3ccc(C(F)(F)F)cc3)o2)nn1. The van der Waals surface area contributed by atoms with Crippen LogP contribution in [0.1, 0.15) is 16.1 Å². The van der Waals surface area contributed by atoms with Gasteiger partial charge in [-0.3, -0.25) is 15.3 Å². The number of alkyl halides is 3. The number of amides is 1. The molecule has 0 saturated carbocycles. The summed E-state index contributed by atoms with van der Waals surface area (Å²) in [5.74, 6) is -0.351. The standard InChI is InChI=1S/C15H10F3N5O3/c16-15(17,18)9-3-1-8(2-4-9)11-7-19-14(26-11)20-12-6-5-10(21-22-12)13(24)23-25/h1-7,25H,(H,23,24)(H,19,20,22). The number of nitrogens with zero attached hydrogens (tertiary/aromatic N) is 3. The summed E-state index contributed by atoms with van der Waals surface area (Å²) in [6.45, 7) is 0. The molecule has 0 aliphatic heterocycles. The van der Waals surface area contributed by atoms with Gasteiger partial charge in [-0.25, -0.2) is 10.5 Å². The van der Waals surface area contributed by atoms with E-state index in [1.165, 1.54) is 35.9 Å². The molecule has 0 saturated heterocycles. The molecule has 0 aliphatic rings. The zero-order valence-electron chi connectivity index (χ0n) is 12.8. The molecule has 26 heavy (non-hydrogen) atoms. The van der Waals surface area contributed by atoms with Gasteiger partial charge in [0, 0.05) is 5.56 Å². The first-order chi connectivity index (χ1) is 12.4. The summed E-state index contributed by atoms with van der Waals surface area (Å²) in [5, 5.41) is 18.5. The number of benzene rings is 1. The molecule has 11 heteroatoms. The van der Waals surface area contributed by atoms with E-state index in [0.717, 1.165) is 12.1 Å². The number of carbonyl (C=O) groups excluding carboxylic acids is 1. The van der Waals surface area contributed by atoms with Crippen molar-refractivity contribution in [2.24, 2.45) is 0 Å². The van der Waals surface area contributed by atoms with Gasteiger partial charge in [0.25, 0.3) is 5.91 Å². The second-order valence-corrected chi connectivity index (χ2v) is 4.97. The van der Waals surface area contributed by atoms with E-state index in [1.54, 1.807) is 0 Å². The molecule has 2 aromatic heterocycles. The van der Waals surface area contributed by atoms with E-state index in [0.29, 0.717) is 5.56 Å². The topological polar surface area (TPSA) is 113 Å². The quantitative estimate of drug-likeness (QED) is 0.481. The van der Waals surface area contributed by atoms with Crippen molar-refractivity contribution in [2.45, 2.75) is 6.18 Å². The first-order valence-corrected chi connectivity index (χ1v) is 7.05. The van der Waals surface area contributed by atoms with E-state index < -0.39 is 17.6 Å². The molecule has 0 aliphatic carbocycles. The number of aromatic nitrogens is 3. The van der Waals surface area contributed by atoms with Gasteiger partial charge in [-0.1, -0.05) is 12.1 Å². The highest BCUT2D eigenvalue weighted by Gasteiger charge is 2.30. The monoisotopic (exact) mass is 365 g/mol. The minimum absolute atomic E-state index is 0.0357. The molecule has 3 rings (SSSR count). The molecule has 0 spiro atoms. The number of hydrogen-bond donors (Lipinski definition) is 3. The van der Waals surface area contributed by atoms with Gasteiger partial charge in [0.1, 0.15) is 0 Å². The number of anilines is 2. The zero-order valence-corrected chi connectivity index (χ0v) is 12.8. The zero-order chi connectivity index (χ0) is 18.7. The molecular weight excluding hydrogens is 355 g/mol. The van der Waals surface area contributed by atoms with Gasteiger partial charge in [-0.2, -0.15) is 13.2 Å². The second-order valence-electron chi connectivity index (χ2n) is 4.97. The van der Waals surface area contributed by atoms with Crippen LogP contribution in [0.3, 0.4) is 0 Å². The molecule has 0 bridgehead atoms. The Morgan fingerprint density at radius 1 is 1.08 bits per heavy atom. The molecule has 0 fully saturated rings. The van der Waals surface area contributed by atoms with Crippen LogP contribution >= 0.6 is 0 Å². The van der Waals surface area contributed by atoms with Crippen molar-refractivity contribution >= 4 is 17.7 Å². The van der Waals surface area contributed by atoms with Gasteiger partial charge in [-0.15, -0.1) is 10.2 Å². The lowest BCUT2D eigenvalue weighted by Crippen LogP contribution is -2.20. The van der Waals surface area contributed by atoms with Crippen molar-refractivity contribution < 1.29 is 27.6 Å². The fourth-order valence-corrected chi connectivity index (χ4v) is 1.98. The highest BCUT2D eigenvalue weighted by molar-refractivity contribution is 5.91. The summed E-state index contributed by atoms with van der Waals surface area (Å²) >= 11 is 0. The Morgan fingerprint density at radius 2 is 1.81 bits per heavy atom. The number of hydroxylamine groups is 1. The maximum atomic E-state index is 12.6.